The molecule has 0 fully saturated rings. The number of nitrogens with one attached hydrogen (secondary N) is 1. The molecule has 4 rings (SSSR count). The van der Waals surface area contributed by atoms with Crippen molar-refractivity contribution in [2.24, 2.45) is 0 Å². The Hall–Kier alpha value is -3.90. The van der Waals surface area contributed by atoms with Crippen LogP contribution in [0.4, 0.5) is 4.39 Å². The maximum atomic E-state index is 13.6. The molecule has 0 spiro atoms. The highest BCUT2D eigenvalue weighted by molar-refractivity contribution is 7.89. The van der Waals surface area contributed by atoms with Gasteiger partial charge in [0.1, 0.15) is 12.4 Å². The zero-order chi connectivity index (χ0) is 24.1. The molecule has 0 radical (unpaired) electrons. The first-order valence-electron chi connectivity index (χ1n) is 10.3. The van der Waals surface area contributed by atoms with E-state index in [1.165, 1.54) is 40.9 Å². The molecule has 0 bridgehead atoms. The monoisotopic (exact) mass is 485 g/mol. The standard InChI is InChI=1S/C22H20FN5O5S/c1-2-32-22(29)15-6-8-18(9-7-15)34(30,31)24-12-13-33-20-11-10-19-25-26-21(28(19)27-20)16-4-3-5-17(23)14-16/h3-11,14,24H,2,12-13H2,1H3. The predicted molar refractivity (Wildman–Crippen MR) is 119 cm³/mol. The molecule has 0 saturated heterocycles. The first-order chi connectivity index (χ1) is 16.4. The third-order valence-corrected chi connectivity index (χ3v) is 6.12. The van der Waals surface area contributed by atoms with Gasteiger partial charge < -0.3 is 9.47 Å². The first kappa shape index (κ1) is 23.3. The lowest BCUT2D eigenvalue weighted by atomic mass is 10.2. The number of hydrogen-bond acceptors (Lipinski definition) is 8. The van der Waals surface area contributed by atoms with Gasteiger partial charge in [0, 0.05) is 18.2 Å². The molecule has 2 heterocycles. The molecule has 0 aliphatic rings. The number of halogens is 1. The second-order valence-corrected chi connectivity index (χ2v) is 8.73. The molecule has 0 atom stereocenters. The zero-order valence-corrected chi connectivity index (χ0v) is 18.8. The largest absolute Gasteiger partial charge is 0.475 e. The summed E-state index contributed by atoms with van der Waals surface area (Å²) in [6.45, 7) is 1.88. The van der Waals surface area contributed by atoms with Crippen LogP contribution < -0.4 is 9.46 Å². The SMILES string of the molecule is CCOC(=O)c1ccc(S(=O)(=O)NCCOc2ccc3nnc(-c4cccc(F)c4)n3n2)cc1. The van der Waals surface area contributed by atoms with Crippen LogP contribution in [0.3, 0.4) is 0 Å². The molecule has 0 saturated carbocycles. The van der Waals surface area contributed by atoms with Crippen molar-refractivity contribution in [3.8, 4) is 17.3 Å². The van der Waals surface area contributed by atoms with Gasteiger partial charge in [0.2, 0.25) is 15.9 Å². The van der Waals surface area contributed by atoms with Gasteiger partial charge >= 0.3 is 5.97 Å². The summed E-state index contributed by atoms with van der Waals surface area (Å²) >= 11 is 0. The molecule has 10 nitrogen and oxygen atoms in total. The van der Waals surface area contributed by atoms with Gasteiger partial charge in [-0.1, -0.05) is 12.1 Å². The Bertz CT molecular complexity index is 1420. The molecule has 1 N–H and O–H groups in total. The number of aromatic nitrogens is 4. The normalized spacial score (nSPS) is 11.5. The number of ether oxygens (including phenoxy) is 2. The van der Waals surface area contributed by atoms with Crippen molar-refractivity contribution in [2.75, 3.05) is 19.8 Å². The molecule has 2 aromatic heterocycles. The van der Waals surface area contributed by atoms with E-state index in [4.69, 9.17) is 9.47 Å². The van der Waals surface area contributed by atoms with Gasteiger partial charge in [0.15, 0.2) is 11.5 Å². The lowest BCUT2D eigenvalue weighted by Gasteiger charge is -2.09. The lowest BCUT2D eigenvalue weighted by molar-refractivity contribution is 0.0526. The maximum absolute atomic E-state index is 13.6. The highest BCUT2D eigenvalue weighted by Gasteiger charge is 2.16. The summed E-state index contributed by atoms with van der Waals surface area (Å²) < 4.78 is 52.8. The summed E-state index contributed by atoms with van der Waals surface area (Å²) in [5.41, 5.74) is 1.20. The van der Waals surface area contributed by atoms with E-state index < -0.39 is 21.8 Å². The van der Waals surface area contributed by atoms with Crippen molar-refractivity contribution in [2.45, 2.75) is 11.8 Å². The van der Waals surface area contributed by atoms with Crippen molar-refractivity contribution >= 4 is 21.6 Å². The summed E-state index contributed by atoms with van der Waals surface area (Å²) in [7, 11) is -3.81. The molecule has 2 aromatic carbocycles. The minimum atomic E-state index is -3.81. The van der Waals surface area contributed by atoms with E-state index in [-0.39, 0.29) is 36.1 Å². The van der Waals surface area contributed by atoms with Crippen LogP contribution in [0.15, 0.2) is 65.6 Å². The number of hydrogen-bond donors (Lipinski definition) is 1. The van der Waals surface area contributed by atoms with Gasteiger partial charge in [-0.15, -0.1) is 15.3 Å². The molecule has 0 amide bonds. The van der Waals surface area contributed by atoms with Crippen molar-refractivity contribution in [3.63, 3.8) is 0 Å². The van der Waals surface area contributed by atoms with Crippen molar-refractivity contribution in [3.05, 3.63) is 72.0 Å². The number of rotatable bonds is 9. The number of nitrogens with zero attached hydrogens (tertiary/aromatic N) is 4. The van der Waals surface area contributed by atoms with Crippen LogP contribution >= 0.6 is 0 Å². The van der Waals surface area contributed by atoms with Crippen LogP contribution in [0.5, 0.6) is 5.88 Å². The Morgan fingerprint density at radius 1 is 1.09 bits per heavy atom. The smallest absolute Gasteiger partial charge is 0.338 e. The predicted octanol–water partition coefficient (Wildman–Crippen LogP) is 2.46. The first-order valence-corrected chi connectivity index (χ1v) is 11.7. The van der Waals surface area contributed by atoms with Crippen LogP contribution in [0, 0.1) is 5.82 Å². The van der Waals surface area contributed by atoms with Gasteiger partial charge in [0.05, 0.1) is 17.1 Å². The van der Waals surface area contributed by atoms with Crippen LogP contribution in [0.2, 0.25) is 0 Å². The van der Waals surface area contributed by atoms with E-state index >= 15 is 0 Å². The molecule has 176 valence electrons. The number of carbonyl (C=O) groups is 1. The van der Waals surface area contributed by atoms with Crippen LogP contribution in [-0.2, 0) is 14.8 Å². The number of carbonyl (C=O) groups excluding carboxylic acids is 1. The van der Waals surface area contributed by atoms with Crippen LogP contribution in [0.25, 0.3) is 17.0 Å². The fourth-order valence-corrected chi connectivity index (χ4v) is 4.07. The number of sulfonamides is 1. The summed E-state index contributed by atoms with van der Waals surface area (Å²) in [5, 5.41) is 12.4. The van der Waals surface area contributed by atoms with E-state index in [0.717, 1.165) is 0 Å². The van der Waals surface area contributed by atoms with Gasteiger partial charge in [-0.05, 0) is 49.4 Å². The number of fused-ring (bicyclic) bond motifs is 1. The third-order valence-electron chi connectivity index (χ3n) is 4.64. The number of benzene rings is 2. The average molecular weight is 485 g/mol. The maximum Gasteiger partial charge on any atom is 0.338 e. The van der Waals surface area contributed by atoms with E-state index in [2.05, 4.69) is 20.0 Å². The summed E-state index contributed by atoms with van der Waals surface area (Å²) in [6, 6.07) is 14.5. The van der Waals surface area contributed by atoms with Crippen molar-refractivity contribution in [1.82, 2.24) is 24.5 Å². The summed E-state index contributed by atoms with van der Waals surface area (Å²) in [4.78, 5) is 11.7. The summed E-state index contributed by atoms with van der Waals surface area (Å²) in [5.74, 6) is -0.384. The average Bonchev–Trinajstić information content (AvgIpc) is 3.25. The quantitative estimate of drug-likeness (QED) is 0.283. The Labute approximate surface area is 194 Å². The molecule has 34 heavy (non-hydrogen) atoms. The molecule has 0 aliphatic carbocycles. The minimum absolute atomic E-state index is 0.00390. The second kappa shape index (κ2) is 9.93. The van der Waals surface area contributed by atoms with E-state index in [0.29, 0.717) is 17.0 Å². The van der Waals surface area contributed by atoms with E-state index in [1.54, 1.807) is 31.2 Å². The van der Waals surface area contributed by atoms with Gasteiger partial charge in [-0.2, -0.15) is 4.52 Å². The van der Waals surface area contributed by atoms with Gasteiger partial charge in [-0.25, -0.2) is 22.3 Å². The van der Waals surface area contributed by atoms with Crippen LogP contribution in [0.1, 0.15) is 17.3 Å². The van der Waals surface area contributed by atoms with Crippen molar-refractivity contribution < 1.29 is 27.1 Å². The van der Waals surface area contributed by atoms with E-state index in [9.17, 15) is 17.6 Å². The van der Waals surface area contributed by atoms with E-state index in [1.807, 2.05) is 0 Å². The molecule has 0 aliphatic heterocycles. The lowest BCUT2D eigenvalue weighted by Crippen LogP contribution is -2.28. The molecule has 0 unspecified atom stereocenters. The van der Waals surface area contributed by atoms with Crippen molar-refractivity contribution in [1.29, 1.82) is 0 Å². The van der Waals surface area contributed by atoms with Crippen LogP contribution in [-0.4, -0.2) is 54.0 Å². The zero-order valence-electron chi connectivity index (χ0n) is 18.0. The molecular weight excluding hydrogens is 465 g/mol. The molecule has 4 aromatic rings. The Morgan fingerprint density at radius 2 is 1.88 bits per heavy atom. The minimum Gasteiger partial charge on any atom is -0.475 e. The number of esters is 1. The van der Waals surface area contributed by atoms with Gasteiger partial charge in [-0.3, -0.25) is 0 Å². The highest BCUT2D eigenvalue weighted by atomic mass is 32.2. The summed E-state index contributed by atoms with van der Waals surface area (Å²) in [6.07, 6.45) is 0. The van der Waals surface area contributed by atoms with Gasteiger partial charge in [0.25, 0.3) is 0 Å². The Morgan fingerprint density at radius 3 is 2.62 bits per heavy atom. The Kier molecular flexibility index (Phi) is 6.80. The fraction of sp³-hybridized carbons (Fsp3) is 0.182. The Balaban J connectivity index is 1.38. The third kappa shape index (κ3) is 5.18. The fourth-order valence-electron chi connectivity index (χ4n) is 3.06. The molecular formula is C22H20FN5O5S. The second-order valence-electron chi connectivity index (χ2n) is 6.97. The highest BCUT2D eigenvalue weighted by Crippen LogP contribution is 2.20. The topological polar surface area (TPSA) is 125 Å². The molecule has 12 heteroatoms.